The van der Waals surface area contributed by atoms with Crippen LogP contribution in [0.4, 0.5) is 0 Å². The second kappa shape index (κ2) is 26.2. The largest absolute Gasteiger partial charge is 0.481 e. The van der Waals surface area contributed by atoms with Gasteiger partial charge in [-0.15, -0.1) is 0 Å². The van der Waals surface area contributed by atoms with Gasteiger partial charge in [-0.25, -0.2) is 0 Å². The second-order valence-electron chi connectivity index (χ2n) is 14.8. The number of rotatable bonds is 26. The van der Waals surface area contributed by atoms with Gasteiger partial charge in [0.15, 0.2) is 0 Å². The van der Waals surface area contributed by atoms with Crippen molar-refractivity contribution in [3.05, 3.63) is 12.7 Å². The molecule has 22 nitrogen and oxygen atoms in total. The van der Waals surface area contributed by atoms with Gasteiger partial charge in [0.05, 0.1) is 6.04 Å². The number of nitrogens with zero attached hydrogens (tertiary/aromatic N) is 1. The zero-order chi connectivity index (χ0) is 45.7. The summed E-state index contributed by atoms with van der Waals surface area (Å²) in [7, 11) is 0. The number of carboxylic acid groups (broad SMARTS) is 2. The number of hydrogen-bond donors (Lipinski definition) is 9. The minimum absolute atomic E-state index is 0.0109. The number of hydrogen-bond acceptors (Lipinski definition) is 13. The van der Waals surface area contributed by atoms with Crippen molar-refractivity contribution in [2.45, 2.75) is 116 Å². The zero-order valence-electron chi connectivity index (χ0n) is 34.9. The Labute approximate surface area is 348 Å². The van der Waals surface area contributed by atoms with E-state index >= 15 is 0 Å². The number of ether oxygens (including phenoxy) is 1. The van der Waals surface area contributed by atoms with Gasteiger partial charge in [0.25, 0.3) is 5.91 Å². The Kier molecular flexibility index (Phi) is 22.8. The fourth-order valence-corrected chi connectivity index (χ4v) is 5.94. The lowest BCUT2D eigenvalue weighted by Crippen LogP contribution is -2.66. The summed E-state index contributed by atoms with van der Waals surface area (Å²) in [6.45, 7) is 12.2. The first-order valence-electron chi connectivity index (χ1n) is 19.7. The van der Waals surface area contributed by atoms with Crippen molar-refractivity contribution in [1.82, 2.24) is 42.1 Å². The molecule has 0 radical (unpaired) electrons. The molecule has 6 unspecified atom stereocenters. The molecule has 0 spiro atoms. The highest BCUT2D eigenvalue weighted by Crippen LogP contribution is 2.15. The van der Waals surface area contributed by atoms with Crippen LogP contribution in [0.5, 0.6) is 0 Å². The van der Waals surface area contributed by atoms with Crippen LogP contribution in [-0.4, -0.2) is 149 Å². The maximum atomic E-state index is 14.2. The van der Waals surface area contributed by atoms with Gasteiger partial charge in [-0.05, 0) is 31.1 Å². The molecule has 6 atom stereocenters. The average Bonchev–Trinajstić information content (AvgIpc) is 3.18. The smallest absolute Gasteiger partial charge is 0.325 e. The molecule has 0 aromatic rings. The van der Waals surface area contributed by atoms with E-state index in [2.05, 4.69) is 43.8 Å². The van der Waals surface area contributed by atoms with E-state index < -0.39 is 139 Å². The molecule has 60 heavy (non-hydrogen) atoms. The molecule has 0 aliphatic carbocycles. The van der Waals surface area contributed by atoms with Gasteiger partial charge in [0.1, 0.15) is 43.4 Å². The molecule has 0 aromatic carbocycles. The molecule has 9 N–H and O–H groups in total. The monoisotopic (exact) mass is 852 g/mol. The van der Waals surface area contributed by atoms with Gasteiger partial charge in [-0.1, -0.05) is 53.7 Å². The minimum Gasteiger partial charge on any atom is -0.481 e. The van der Waals surface area contributed by atoms with Crippen molar-refractivity contribution in [2.75, 3.05) is 32.8 Å². The maximum Gasteiger partial charge on any atom is 0.325 e. The summed E-state index contributed by atoms with van der Waals surface area (Å²) in [5.41, 5.74) is 0. The SMILES string of the molecule is C=CCOC(=O)CNC(=O)C(=O)C(CCC)NC(=O)C1CNCCN1C(=O)C(NC(=O)C(NC(=O)C(CCC(=O)O)NC(=O)C(CCC(=O)O)NC(C)=O)C(C)C)C(C)C. The number of aliphatic carboxylic acids is 2. The number of carboxylic acids is 2. The molecule has 1 aliphatic rings. The number of esters is 1. The molecule has 1 aliphatic heterocycles. The fourth-order valence-electron chi connectivity index (χ4n) is 5.94. The van der Waals surface area contributed by atoms with Crippen molar-refractivity contribution in [1.29, 1.82) is 0 Å². The van der Waals surface area contributed by atoms with E-state index in [0.29, 0.717) is 6.42 Å². The third kappa shape index (κ3) is 17.9. The number of carbonyl (C=O) groups is 11. The van der Waals surface area contributed by atoms with Crippen molar-refractivity contribution < 1.29 is 67.7 Å². The first-order valence-corrected chi connectivity index (χ1v) is 19.7. The molecule has 0 aromatic heterocycles. The van der Waals surface area contributed by atoms with Crippen LogP contribution in [-0.2, 0) is 57.5 Å². The highest BCUT2D eigenvalue weighted by Gasteiger charge is 2.40. The highest BCUT2D eigenvalue weighted by molar-refractivity contribution is 6.38. The van der Waals surface area contributed by atoms with E-state index in [9.17, 15) is 57.8 Å². The van der Waals surface area contributed by atoms with Crippen molar-refractivity contribution in [3.63, 3.8) is 0 Å². The van der Waals surface area contributed by atoms with Crippen LogP contribution < -0.4 is 37.2 Å². The summed E-state index contributed by atoms with van der Waals surface area (Å²) >= 11 is 0. The van der Waals surface area contributed by atoms with Crippen LogP contribution in [0.1, 0.15) is 80.1 Å². The molecule has 1 rings (SSSR count). The Balaban J connectivity index is 3.25. The first-order chi connectivity index (χ1) is 28.1. The average molecular weight is 853 g/mol. The van der Waals surface area contributed by atoms with Crippen LogP contribution in [0.15, 0.2) is 12.7 Å². The molecule has 22 heteroatoms. The van der Waals surface area contributed by atoms with Crippen molar-refractivity contribution in [2.24, 2.45) is 11.8 Å². The lowest BCUT2D eigenvalue weighted by Gasteiger charge is -2.39. The second-order valence-corrected chi connectivity index (χ2v) is 14.8. The Morgan fingerprint density at radius 3 is 1.83 bits per heavy atom. The quantitative estimate of drug-likeness (QED) is 0.0247. The molecular weight excluding hydrogens is 792 g/mol. The summed E-state index contributed by atoms with van der Waals surface area (Å²) in [6.07, 6.45) is -0.117. The van der Waals surface area contributed by atoms with E-state index in [-0.39, 0.29) is 39.1 Å². The van der Waals surface area contributed by atoms with E-state index in [1.165, 1.54) is 11.0 Å². The lowest BCUT2D eigenvalue weighted by molar-refractivity contribution is -0.147. The number of ketones is 1. The molecule has 336 valence electrons. The van der Waals surface area contributed by atoms with Gasteiger partial charge < -0.3 is 57.1 Å². The lowest BCUT2D eigenvalue weighted by atomic mass is 9.97. The molecule has 1 fully saturated rings. The van der Waals surface area contributed by atoms with Gasteiger partial charge in [-0.2, -0.15) is 0 Å². The topological polar surface area (TPSA) is 325 Å². The van der Waals surface area contributed by atoms with Gasteiger partial charge >= 0.3 is 17.9 Å². The number of carbonyl (C=O) groups excluding carboxylic acids is 9. The van der Waals surface area contributed by atoms with Crippen molar-refractivity contribution >= 4 is 65.0 Å². The van der Waals surface area contributed by atoms with Crippen LogP contribution in [0.25, 0.3) is 0 Å². The molecule has 1 heterocycles. The van der Waals surface area contributed by atoms with Crippen LogP contribution in [0, 0.1) is 11.8 Å². The van der Waals surface area contributed by atoms with E-state index in [4.69, 9.17) is 9.84 Å². The predicted molar refractivity (Wildman–Crippen MR) is 211 cm³/mol. The highest BCUT2D eigenvalue weighted by atomic mass is 16.5. The normalized spacial score (nSPS) is 16.1. The Bertz CT molecular complexity index is 1600. The molecule has 1 saturated heterocycles. The standard InChI is InChI=1S/C38H60N8O14/c1-8-10-23(32(53)37(58)40-19-29(52)60-17-9-2)42-35(56)26-18-39-15-16-46(26)38(59)31(21(5)6)45-36(57)30(20(3)4)44-34(55)25(12-14-28(50)51)43-33(54)24(41-22(7)47)11-13-27(48)49/h9,20-21,23-26,30-31,39H,2,8,10-19H2,1,3-7H3,(H,40,58)(H,41,47)(H,42,56)(H,43,54)(H,44,55)(H,45,57)(H,48,49)(H,50,51). The van der Waals surface area contributed by atoms with E-state index in [0.717, 1.165) is 6.92 Å². The molecule has 0 saturated carbocycles. The van der Waals surface area contributed by atoms with E-state index in [1.807, 2.05) is 0 Å². The summed E-state index contributed by atoms with van der Waals surface area (Å²) in [4.78, 5) is 141. The Morgan fingerprint density at radius 2 is 1.32 bits per heavy atom. The maximum absolute atomic E-state index is 14.2. The van der Waals surface area contributed by atoms with Crippen LogP contribution in [0.3, 0.4) is 0 Å². The van der Waals surface area contributed by atoms with Crippen LogP contribution in [0.2, 0.25) is 0 Å². The third-order valence-corrected chi connectivity index (χ3v) is 9.12. The minimum atomic E-state index is -1.54. The number of amides is 7. The summed E-state index contributed by atoms with van der Waals surface area (Å²) in [5.74, 6) is -11.6. The summed E-state index contributed by atoms with van der Waals surface area (Å²) < 4.78 is 4.78. The molecule has 7 amide bonds. The molecular formula is C38H60N8O14. The number of nitrogens with one attached hydrogen (secondary N) is 7. The predicted octanol–water partition coefficient (Wildman–Crippen LogP) is -2.51. The number of Topliss-reactive ketones (excluding diaryl/α,β-unsaturated/α-hetero) is 1. The number of piperazine rings is 1. The Morgan fingerprint density at radius 1 is 0.767 bits per heavy atom. The van der Waals surface area contributed by atoms with Gasteiger partial charge in [0.2, 0.25) is 41.2 Å². The first kappa shape index (κ1) is 52.1. The van der Waals surface area contributed by atoms with Crippen LogP contribution >= 0.6 is 0 Å². The summed E-state index contributed by atoms with van der Waals surface area (Å²) in [6, 6.07) is -8.00. The molecule has 0 bridgehead atoms. The van der Waals surface area contributed by atoms with E-state index in [1.54, 1.807) is 34.6 Å². The van der Waals surface area contributed by atoms with Gasteiger partial charge in [-0.3, -0.25) is 52.7 Å². The summed E-state index contributed by atoms with van der Waals surface area (Å²) in [5, 5.41) is 35.9. The fraction of sp³-hybridized carbons (Fsp3) is 0.658. The van der Waals surface area contributed by atoms with Crippen molar-refractivity contribution in [3.8, 4) is 0 Å². The zero-order valence-corrected chi connectivity index (χ0v) is 34.9. The Hall–Kier alpha value is -5.93. The third-order valence-electron chi connectivity index (χ3n) is 9.12. The van der Waals surface area contributed by atoms with Gasteiger partial charge in [0, 0.05) is 39.4 Å².